The lowest BCUT2D eigenvalue weighted by molar-refractivity contribution is 0.0705. The predicted octanol–water partition coefficient (Wildman–Crippen LogP) is 1.68. The average molecular weight is 397 g/mol. The van der Waals surface area contributed by atoms with Crippen LogP contribution < -0.4 is 15.1 Å². The molecule has 0 radical (unpaired) electrons. The highest BCUT2D eigenvalue weighted by Gasteiger charge is 2.22. The summed E-state index contributed by atoms with van der Waals surface area (Å²) in [6, 6.07) is 12.6. The average Bonchev–Trinajstić information content (AvgIpc) is 3.00. The zero-order valence-electron chi connectivity index (χ0n) is 16.0. The van der Waals surface area contributed by atoms with Crippen molar-refractivity contribution in [3.05, 3.63) is 59.2 Å². The van der Waals surface area contributed by atoms with Crippen LogP contribution in [0.3, 0.4) is 0 Å². The number of fused-ring (bicyclic) bond motifs is 1. The van der Waals surface area contributed by atoms with Crippen molar-refractivity contribution in [2.75, 3.05) is 44.4 Å². The van der Waals surface area contributed by atoms with Crippen molar-refractivity contribution in [2.45, 2.75) is 6.54 Å². The van der Waals surface area contributed by atoms with E-state index in [-0.39, 0.29) is 5.91 Å². The number of hydroxylamine groups is 1. The maximum absolute atomic E-state index is 13.0. The van der Waals surface area contributed by atoms with Crippen LogP contribution in [-0.2, 0) is 11.3 Å². The van der Waals surface area contributed by atoms with Crippen molar-refractivity contribution < 1.29 is 24.3 Å². The summed E-state index contributed by atoms with van der Waals surface area (Å²) in [5, 5.41) is 8.79. The van der Waals surface area contributed by atoms with Crippen LogP contribution >= 0.6 is 0 Å². The molecule has 2 aromatic carbocycles. The third-order valence-electron chi connectivity index (χ3n) is 5.19. The minimum absolute atomic E-state index is 0.0628. The van der Waals surface area contributed by atoms with Crippen molar-refractivity contribution in [1.82, 2.24) is 10.4 Å². The smallest absolute Gasteiger partial charge is 0.274 e. The molecule has 0 bridgehead atoms. The molecule has 2 heterocycles. The van der Waals surface area contributed by atoms with Gasteiger partial charge < -0.3 is 19.3 Å². The summed E-state index contributed by atoms with van der Waals surface area (Å²) >= 11 is 0. The quantitative estimate of drug-likeness (QED) is 0.605. The zero-order valence-corrected chi connectivity index (χ0v) is 16.0. The number of carbonyl (C=O) groups excluding carboxylic acids is 2. The molecule has 0 unspecified atom stereocenters. The van der Waals surface area contributed by atoms with Crippen LogP contribution in [0.15, 0.2) is 42.5 Å². The minimum atomic E-state index is -0.603. The normalized spacial score (nSPS) is 16.4. The summed E-state index contributed by atoms with van der Waals surface area (Å²) < 4.78 is 11.1. The van der Waals surface area contributed by atoms with Crippen LogP contribution in [0.5, 0.6) is 5.75 Å². The van der Waals surface area contributed by atoms with E-state index >= 15 is 0 Å². The van der Waals surface area contributed by atoms with E-state index in [9.17, 15) is 9.59 Å². The van der Waals surface area contributed by atoms with Gasteiger partial charge in [0.1, 0.15) is 12.4 Å². The van der Waals surface area contributed by atoms with Crippen LogP contribution in [0.25, 0.3) is 0 Å². The molecule has 2 aromatic rings. The summed E-state index contributed by atoms with van der Waals surface area (Å²) in [4.78, 5) is 28.6. The van der Waals surface area contributed by atoms with Crippen molar-refractivity contribution in [2.24, 2.45) is 0 Å². The molecule has 0 saturated carbocycles. The standard InChI is InChI=1S/C21H23N3O5/c25-20(22-27)16-1-2-17-14-24(9-12-29-19(17)13-16)21(26)15-3-5-18(6-4-15)23-7-10-28-11-8-23/h1-6,13,27H,7-12,14H2,(H,22,25). The van der Waals surface area contributed by atoms with E-state index in [0.29, 0.717) is 36.6 Å². The summed E-state index contributed by atoms with van der Waals surface area (Å²) in [6.07, 6.45) is 0. The number of hydrogen-bond acceptors (Lipinski definition) is 6. The molecule has 2 N–H and O–H groups in total. The fourth-order valence-electron chi connectivity index (χ4n) is 3.57. The molecule has 0 aliphatic carbocycles. The second-order valence-corrected chi connectivity index (χ2v) is 6.98. The topological polar surface area (TPSA) is 91.3 Å². The number of anilines is 1. The molecule has 0 atom stereocenters. The molecule has 8 nitrogen and oxygen atoms in total. The van der Waals surface area contributed by atoms with Crippen molar-refractivity contribution in [1.29, 1.82) is 0 Å². The van der Waals surface area contributed by atoms with Gasteiger partial charge >= 0.3 is 0 Å². The molecule has 152 valence electrons. The first-order valence-corrected chi connectivity index (χ1v) is 9.58. The Bertz CT molecular complexity index is 894. The Morgan fingerprint density at radius 1 is 0.931 bits per heavy atom. The van der Waals surface area contributed by atoms with Gasteiger partial charge in [-0.1, -0.05) is 6.07 Å². The number of benzene rings is 2. The van der Waals surface area contributed by atoms with Crippen LogP contribution in [0.4, 0.5) is 5.69 Å². The second kappa shape index (κ2) is 8.50. The Balaban J connectivity index is 1.48. The third kappa shape index (κ3) is 4.18. The van der Waals surface area contributed by atoms with E-state index in [1.807, 2.05) is 24.3 Å². The van der Waals surface area contributed by atoms with E-state index < -0.39 is 5.91 Å². The van der Waals surface area contributed by atoms with Crippen molar-refractivity contribution in [3.8, 4) is 5.75 Å². The number of amides is 2. The van der Waals surface area contributed by atoms with Crippen LogP contribution in [0, 0.1) is 0 Å². The monoisotopic (exact) mass is 397 g/mol. The van der Waals surface area contributed by atoms with Gasteiger partial charge in [-0.2, -0.15) is 0 Å². The second-order valence-electron chi connectivity index (χ2n) is 6.98. The Hall–Kier alpha value is -3.10. The number of ether oxygens (including phenoxy) is 2. The number of carbonyl (C=O) groups is 2. The summed E-state index contributed by atoms with van der Waals surface area (Å²) in [5.74, 6) is -0.120. The van der Waals surface area contributed by atoms with Crippen molar-refractivity contribution >= 4 is 17.5 Å². The van der Waals surface area contributed by atoms with Gasteiger partial charge in [-0.3, -0.25) is 14.8 Å². The molecule has 2 aliphatic heterocycles. The zero-order chi connectivity index (χ0) is 20.2. The van der Waals surface area contributed by atoms with Gasteiger partial charge in [-0.05, 0) is 36.4 Å². The van der Waals surface area contributed by atoms with E-state index in [0.717, 1.165) is 37.6 Å². The van der Waals surface area contributed by atoms with Gasteiger partial charge in [0.25, 0.3) is 11.8 Å². The first-order valence-electron chi connectivity index (χ1n) is 9.58. The van der Waals surface area contributed by atoms with Gasteiger partial charge in [0.05, 0.1) is 19.8 Å². The summed E-state index contributed by atoms with van der Waals surface area (Å²) in [7, 11) is 0. The fourth-order valence-corrected chi connectivity index (χ4v) is 3.57. The molecule has 0 spiro atoms. The maximum atomic E-state index is 13.0. The van der Waals surface area contributed by atoms with E-state index in [2.05, 4.69) is 4.90 Å². The van der Waals surface area contributed by atoms with E-state index in [4.69, 9.17) is 14.7 Å². The van der Waals surface area contributed by atoms with Crippen LogP contribution in [-0.4, -0.2) is 61.4 Å². The van der Waals surface area contributed by atoms with Crippen LogP contribution in [0.2, 0.25) is 0 Å². The third-order valence-corrected chi connectivity index (χ3v) is 5.19. The molecule has 8 heteroatoms. The molecular formula is C21H23N3O5. The van der Waals surface area contributed by atoms with Crippen LogP contribution in [0.1, 0.15) is 26.3 Å². The first-order chi connectivity index (χ1) is 14.2. The lowest BCUT2D eigenvalue weighted by Crippen LogP contribution is -2.36. The molecule has 1 fully saturated rings. The van der Waals surface area contributed by atoms with Gasteiger partial charge in [0.15, 0.2) is 0 Å². The summed E-state index contributed by atoms with van der Waals surface area (Å²) in [5.41, 5.74) is 4.44. The highest BCUT2D eigenvalue weighted by atomic mass is 16.5. The molecule has 2 amide bonds. The Labute approximate surface area is 168 Å². The fraction of sp³-hybridized carbons (Fsp3) is 0.333. The number of morpholine rings is 1. The molecule has 2 aliphatic rings. The Kier molecular flexibility index (Phi) is 5.64. The van der Waals surface area contributed by atoms with Gasteiger partial charge in [-0.25, -0.2) is 5.48 Å². The molecule has 1 saturated heterocycles. The SMILES string of the molecule is O=C(NO)c1ccc2c(c1)OCCN(C(=O)c1ccc(N3CCOCC3)cc1)C2. The molecule has 4 rings (SSSR count). The number of nitrogens with one attached hydrogen (secondary N) is 1. The van der Waals surface area contributed by atoms with Gasteiger partial charge in [0.2, 0.25) is 0 Å². The van der Waals surface area contributed by atoms with Crippen molar-refractivity contribution in [3.63, 3.8) is 0 Å². The minimum Gasteiger partial charge on any atom is -0.491 e. The first kappa shape index (κ1) is 19.2. The lowest BCUT2D eigenvalue weighted by Gasteiger charge is -2.29. The van der Waals surface area contributed by atoms with Gasteiger partial charge in [-0.15, -0.1) is 0 Å². The highest BCUT2D eigenvalue weighted by Crippen LogP contribution is 2.26. The molecule has 0 aromatic heterocycles. The Morgan fingerprint density at radius 2 is 1.66 bits per heavy atom. The van der Waals surface area contributed by atoms with Gasteiger partial charge in [0, 0.05) is 42.0 Å². The summed E-state index contributed by atoms with van der Waals surface area (Å²) in [6.45, 7) is 4.30. The molecule has 29 heavy (non-hydrogen) atoms. The number of hydrogen-bond donors (Lipinski definition) is 2. The number of nitrogens with zero attached hydrogens (tertiary/aromatic N) is 2. The Morgan fingerprint density at radius 3 is 2.38 bits per heavy atom. The largest absolute Gasteiger partial charge is 0.491 e. The lowest BCUT2D eigenvalue weighted by atomic mass is 10.1. The van der Waals surface area contributed by atoms with E-state index in [1.54, 1.807) is 28.6 Å². The maximum Gasteiger partial charge on any atom is 0.274 e. The highest BCUT2D eigenvalue weighted by molar-refractivity contribution is 5.95. The molecular weight excluding hydrogens is 374 g/mol. The number of rotatable bonds is 3. The van der Waals surface area contributed by atoms with E-state index in [1.165, 1.54) is 0 Å². The predicted molar refractivity (Wildman–Crippen MR) is 105 cm³/mol.